The summed E-state index contributed by atoms with van der Waals surface area (Å²) in [6.45, 7) is 9.37. The molecule has 90 valence electrons. The molecule has 0 aromatic carbocycles. The summed E-state index contributed by atoms with van der Waals surface area (Å²) in [4.78, 5) is 0. The molecule has 0 saturated heterocycles. The molecule has 14 heavy (non-hydrogen) atoms. The van der Waals surface area contributed by atoms with Gasteiger partial charge in [0.1, 0.15) is 0 Å². The van der Waals surface area contributed by atoms with Crippen LogP contribution < -0.4 is 0 Å². The fourth-order valence-electron chi connectivity index (χ4n) is 1.69. The summed E-state index contributed by atoms with van der Waals surface area (Å²) < 4.78 is 0. The topological polar surface area (TPSA) is 0 Å². The Morgan fingerprint density at radius 2 is 1.14 bits per heavy atom. The third-order valence-corrected chi connectivity index (χ3v) is 3.12. The number of hydrogen-bond donors (Lipinski definition) is 0. The van der Waals surface area contributed by atoms with Crippen molar-refractivity contribution in [3.63, 3.8) is 0 Å². The van der Waals surface area contributed by atoms with E-state index in [4.69, 9.17) is 0 Å². The van der Waals surface area contributed by atoms with Crippen molar-refractivity contribution in [2.75, 3.05) is 0 Å². The Balaban J connectivity index is -0.000000605. The second-order valence-electron chi connectivity index (χ2n) is 4.37. The van der Waals surface area contributed by atoms with Crippen LogP contribution in [0.5, 0.6) is 0 Å². The Hall–Kier alpha value is 0. The van der Waals surface area contributed by atoms with E-state index in [0.717, 1.165) is 0 Å². The van der Waals surface area contributed by atoms with Crippen LogP contribution in [-0.2, 0) is 0 Å². The van der Waals surface area contributed by atoms with Crippen molar-refractivity contribution in [3.8, 4) is 0 Å². The van der Waals surface area contributed by atoms with Gasteiger partial charge in [-0.05, 0) is 18.3 Å². The van der Waals surface area contributed by atoms with Gasteiger partial charge in [0, 0.05) is 0 Å². The van der Waals surface area contributed by atoms with Crippen LogP contribution in [0, 0.1) is 5.41 Å². The van der Waals surface area contributed by atoms with Crippen LogP contribution in [0.1, 0.15) is 87.5 Å². The van der Waals surface area contributed by atoms with Crippen molar-refractivity contribution in [1.82, 2.24) is 0 Å². The van der Waals surface area contributed by atoms with Crippen LogP contribution in [0.25, 0.3) is 0 Å². The van der Waals surface area contributed by atoms with E-state index in [0.29, 0.717) is 5.41 Å². The van der Waals surface area contributed by atoms with E-state index < -0.39 is 0 Å². The molecule has 0 atom stereocenters. The first kappa shape index (κ1) is 19.6. The molecular formula is C14H34. The lowest BCUT2D eigenvalue weighted by atomic mass is 9.78. The van der Waals surface area contributed by atoms with Crippen molar-refractivity contribution in [3.05, 3.63) is 0 Å². The molecule has 0 nitrogen and oxygen atoms in total. The summed E-state index contributed by atoms with van der Waals surface area (Å²) in [6, 6.07) is 0. The van der Waals surface area contributed by atoms with Gasteiger partial charge in [-0.15, -0.1) is 0 Å². The molecule has 0 N–H and O–H groups in total. The minimum Gasteiger partial charge on any atom is -0.0776 e. The monoisotopic (exact) mass is 202 g/mol. The molecule has 0 rings (SSSR count). The van der Waals surface area contributed by atoms with Gasteiger partial charge in [-0.1, -0.05) is 74.7 Å². The van der Waals surface area contributed by atoms with E-state index >= 15 is 0 Å². The van der Waals surface area contributed by atoms with Gasteiger partial charge in [0.25, 0.3) is 0 Å². The molecule has 0 spiro atoms. The molecule has 0 amide bonds. The summed E-state index contributed by atoms with van der Waals surface area (Å²) in [5, 5.41) is 0. The maximum atomic E-state index is 2.46. The number of rotatable bonds is 7. The van der Waals surface area contributed by atoms with Crippen molar-refractivity contribution in [2.24, 2.45) is 5.41 Å². The van der Waals surface area contributed by atoms with Crippen LogP contribution in [0.15, 0.2) is 0 Å². The Labute approximate surface area is 93.5 Å². The second-order valence-corrected chi connectivity index (χ2v) is 4.37. The molecule has 0 fully saturated rings. The van der Waals surface area contributed by atoms with Crippen LogP contribution in [0.2, 0.25) is 0 Å². The zero-order valence-electron chi connectivity index (χ0n) is 9.45. The molecule has 0 aromatic heterocycles. The zero-order chi connectivity index (χ0) is 9.45. The van der Waals surface area contributed by atoms with E-state index in [-0.39, 0.29) is 14.9 Å². The van der Waals surface area contributed by atoms with Gasteiger partial charge in [0.2, 0.25) is 0 Å². The Morgan fingerprint density at radius 3 is 1.36 bits per heavy atom. The first-order chi connectivity index (χ1) is 5.68. The molecule has 0 unspecified atom stereocenters. The number of unbranched alkanes of at least 4 members (excludes halogenated alkanes) is 2. The predicted molar refractivity (Wildman–Crippen MR) is 70.9 cm³/mol. The lowest BCUT2D eigenvalue weighted by Gasteiger charge is -2.28. The van der Waals surface area contributed by atoms with E-state index in [1.54, 1.807) is 0 Å². The third-order valence-electron chi connectivity index (χ3n) is 3.12. The van der Waals surface area contributed by atoms with Crippen LogP contribution in [-0.4, -0.2) is 0 Å². The van der Waals surface area contributed by atoms with E-state index in [9.17, 15) is 0 Å². The van der Waals surface area contributed by atoms with Crippen LogP contribution in [0.3, 0.4) is 0 Å². The Kier molecular flexibility index (Phi) is 15.5. The maximum absolute atomic E-state index is 2.46. The standard InChI is InChI=1S/C12H26.2CH4/c1-5-8-10-12(4,7-3)11-9-6-2;;/h5-11H2,1-4H3;2*1H4. The van der Waals surface area contributed by atoms with Gasteiger partial charge < -0.3 is 0 Å². The molecule has 0 aliphatic heterocycles. The predicted octanol–water partition coefficient (Wildman–Crippen LogP) is 6.06. The average Bonchev–Trinajstić information content (AvgIpc) is 2.11. The van der Waals surface area contributed by atoms with Gasteiger partial charge in [0.15, 0.2) is 0 Å². The molecule has 0 aliphatic carbocycles. The summed E-state index contributed by atoms with van der Waals surface area (Å²) in [6.07, 6.45) is 9.73. The van der Waals surface area contributed by atoms with E-state index in [1.807, 2.05) is 0 Å². The average molecular weight is 202 g/mol. The molecule has 0 heteroatoms. The van der Waals surface area contributed by atoms with Crippen molar-refractivity contribution >= 4 is 0 Å². The molecule has 0 radical (unpaired) electrons. The highest BCUT2D eigenvalue weighted by Gasteiger charge is 2.19. The molecular weight excluding hydrogens is 168 g/mol. The summed E-state index contributed by atoms with van der Waals surface area (Å²) in [7, 11) is 0. The molecule has 0 aromatic rings. The lowest BCUT2D eigenvalue weighted by Crippen LogP contribution is -2.14. The lowest BCUT2D eigenvalue weighted by molar-refractivity contribution is 0.246. The zero-order valence-corrected chi connectivity index (χ0v) is 9.45. The maximum Gasteiger partial charge on any atom is -0.0328 e. The van der Waals surface area contributed by atoms with E-state index in [2.05, 4.69) is 27.7 Å². The Bertz CT molecular complexity index is 86.2. The SMILES string of the molecule is C.C.CCCCC(C)(CC)CCCC. The highest BCUT2D eigenvalue weighted by molar-refractivity contribution is 4.72. The van der Waals surface area contributed by atoms with Gasteiger partial charge in [-0.2, -0.15) is 0 Å². The molecule has 0 heterocycles. The fourth-order valence-corrected chi connectivity index (χ4v) is 1.69. The van der Waals surface area contributed by atoms with Gasteiger partial charge in [-0.3, -0.25) is 0 Å². The normalized spacial score (nSPS) is 10.3. The largest absolute Gasteiger partial charge is 0.0776 e. The van der Waals surface area contributed by atoms with Crippen molar-refractivity contribution < 1.29 is 0 Å². The van der Waals surface area contributed by atoms with Crippen molar-refractivity contribution in [2.45, 2.75) is 87.5 Å². The highest BCUT2D eigenvalue weighted by Crippen LogP contribution is 2.33. The molecule has 0 saturated carbocycles. The first-order valence-corrected chi connectivity index (χ1v) is 5.68. The van der Waals surface area contributed by atoms with Gasteiger partial charge >= 0.3 is 0 Å². The first-order valence-electron chi connectivity index (χ1n) is 5.68. The van der Waals surface area contributed by atoms with Crippen LogP contribution in [0.4, 0.5) is 0 Å². The van der Waals surface area contributed by atoms with Gasteiger partial charge in [-0.25, -0.2) is 0 Å². The smallest absolute Gasteiger partial charge is 0.0328 e. The highest BCUT2D eigenvalue weighted by atomic mass is 14.2. The quantitative estimate of drug-likeness (QED) is 0.471. The summed E-state index contributed by atoms with van der Waals surface area (Å²) in [5.41, 5.74) is 0.645. The fraction of sp³-hybridized carbons (Fsp3) is 1.00. The second kappa shape index (κ2) is 11.1. The third kappa shape index (κ3) is 8.59. The Morgan fingerprint density at radius 1 is 0.786 bits per heavy atom. The van der Waals surface area contributed by atoms with Crippen molar-refractivity contribution in [1.29, 1.82) is 0 Å². The summed E-state index contributed by atoms with van der Waals surface area (Å²) in [5.74, 6) is 0. The molecule has 0 aliphatic rings. The summed E-state index contributed by atoms with van der Waals surface area (Å²) >= 11 is 0. The van der Waals surface area contributed by atoms with Crippen LogP contribution >= 0.6 is 0 Å². The number of hydrogen-bond acceptors (Lipinski definition) is 0. The minimum atomic E-state index is 0. The molecule has 0 bridgehead atoms. The van der Waals surface area contributed by atoms with Gasteiger partial charge in [0.05, 0.1) is 0 Å². The minimum absolute atomic E-state index is 0. The van der Waals surface area contributed by atoms with E-state index in [1.165, 1.54) is 44.9 Å².